The number of aliphatic carboxylic acids is 1. The third-order valence-electron chi connectivity index (χ3n) is 1.77. The Hall–Kier alpha value is -0.790. The molecule has 1 atom stereocenters. The highest BCUT2D eigenvalue weighted by atomic mass is 16.4. The molecule has 1 unspecified atom stereocenters. The van der Waals surface area contributed by atoms with Crippen LogP contribution in [-0.4, -0.2) is 5.97 Å². The van der Waals surface area contributed by atoms with Gasteiger partial charge in [-0.25, -0.2) is 0 Å². The van der Waals surface area contributed by atoms with Crippen molar-refractivity contribution in [2.45, 2.75) is 33.6 Å². The molecule has 0 aromatic heterocycles. The summed E-state index contributed by atoms with van der Waals surface area (Å²) in [5.74, 6) is -1.45. The van der Waals surface area contributed by atoms with Crippen LogP contribution in [0.5, 0.6) is 0 Å². The van der Waals surface area contributed by atoms with E-state index in [2.05, 4.69) is 0 Å². The topological polar surface area (TPSA) is 40.1 Å². The van der Waals surface area contributed by atoms with Gasteiger partial charge in [-0.1, -0.05) is 32.4 Å². The normalized spacial score (nSPS) is 12.3. The van der Waals surface area contributed by atoms with Crippen molar-refractivity contribution in [1.29, 1.82) is 0 Å². The molecule has 2 heteroatoms. The number of rotatable bonds is 4. The summed E-state index contributed by atoms with van der Waals surface area (Å²) >= 11 is 0. The molecular weight excluding hydrogens is 140 g/mol. The molecule has 0 fully saturated rings. The van der Waals surface area contributed by atoms with Gasteiger partial charge in [-0.3, -0.25) is 0 Å². The molecule has 0 aromatic carbocycles. The van der Waals surface area contributed by atoms with Gasteiger partial charge in [0.05, 0.1) is 0 Å². The third-order valence-corrected chi connectivity index (χ3v) is 1.77. The maximum absolute atomic E-state index is 10.3. The Morgan fingerprint density at radius 1 is 1.45 bits per heavy atom. The number of carboxylic acid groups (broad SMARTS) is 1. The minimum Gasteiger partial charge on any atom is -0.550 e. The molecule has 0 saturated carbocycles. The number of hydrogen-bond acceptors (Lipinski definition) is 2. The fourth-order valence-electron chi connectivity index (χ4n) is 0.907. The Morgan fingerprint density at radius 3 is 2.18 bits per heavy atom. The lowest BCUT2D eigenvalue weighted by Gasteiger charge is -2.09. The molecule has 0 aliphatic heterocycles. The van der Waals surface area contributed by atoms with Crippen LogP contribution in [0.1, 0.15) is 33.6 Å². The molecule has 0 rings (SSSR count). The van der Waals surface area contributed by atoms with Crippen LogP contribution in [0, 0.1) is 5.92 Å². The molecule has 11 heavy (non-hydrogen) atoms. The van der Waals surface area contributed by atoms with Crippen LogP contribution in [0.25, 0.3) is 0 Å². The van der Waals surface area contributed by atoms with Crippen LogP contribution in [0.3, 0.4) is 0 Å². The van der Waals surface area contributed by atoms with E-state index in [1.54, 1.807) is 13.0 Å². The Balaban J connectivity index is 4.14. The highest BCUT2D eigenvalue weighted by Crippen LogP contribution is 2.09. The quantitative estimate of drug-likeness (QED) is 0.571. The van der Waals surface area contributed by atoms with Gasteiger partial charge in [0.15, 0.2) is 0 Å². The van der Waals surface area contributed by atoms with Gasteiger partial charge < -0.3 is 9.90 Å². The zero-order chi connectivity index (χ0) is 8.85. The van der Waals surface area contributed by atoms with Crippen LogP contribution in [0.4, 0.5) is 0 Å². The molecule has 64 valence electrons. The predicted molar refractivity (Wildman–Crippen MR) is 42.8 cm³/mol. The second-order valence-corrected chi connectivity index (χ2v) is 2.64. The minimum atomic E-state index is -0.996. The Bertz CT molecular complexity index is 153. The van der Waals surface area contributed by atoms with Gasteiger partial charge in [0.1, 0.15) is 0 Å². The monoisotopic (exact) mass is 155 g/mol. The summed E-state index contributed by atoms with van der Waals surface area (Å²) in [7, 11) is 0. The van der Waals surface area contributed by atoms with E-state index in [0.29, 0.717) is 0 Å². The van der Waals surface area contributed by atoms with Gasteiger partial charge >= 0.3 is 0 Å². The minimum absolute atomic E-state index is 0.454. The van der Waals surface area contributed by atoms with Gasteiger partial charge in [-0.2, -0.15) is 0 Å². The number of allylic oxidation sites excluding steroid dienone is 1. The van der Waals surface area contributed by atoms with Crippen molar-refractivity contribution in [2.75, 3.05) is 0 Å². The largest absolute Gasteiger partial charge is 0.550 e. The second-order valence-electron chi connectivity index (χ2n) is 2.64. The van der Waals surface area contributed by atoms with Crippen molar-refractivity contribution in [3.63, 3.8) is 0 Å². The first kappa shape index (κ1) is 10.2. The molecule has 2 nitrogen and oxygen atoms in total. The smallest absolute Gasteiger partial charge is 0.0480 e. The zero-order valence-corrected chi connectivity index (χ0v) is 7.39. The predicted octanol–water partition coefficient (Wildman–Crippen LogP) is 1.12. The lowest BCUT2D eigenvalue weighted by Crippen LogP contribution is -2.28. The maximum Gasteiger partial charge on any atom is 0.0480 e. The number of carbonyl (C=O) groups is 1. The molecule has 0 aliphatic carbocycles. The fraction of sp³-hybridized carbons (Fsp3) is 0.667. The molecule has 0 radical (unpaired) electrons. The third kappa shape index (κ3) is 3.81. The Kier molecular flexibility index (Phi) is 4.59. The molecule has 0 amide bonds. The van der Waals surface area contributed by atoms with E-state index in [-0.39, 0.29) is 0 Å². The van der Waals surface area contributed by atoms with Crippen molar-refractivity contribution in [3.8, 4) is 0 Å². The number of carbonyl (C=O) groups excluding carboxylic acids is 1. The summed E-state index contributed by atoms with van der Waals surface area (Å²) < 4.78 is 0. The van der Waals surface area contributed by atoms with Gasteiger partial charge in [-0.05, 0) is 12.8 Å². The molecule has 0 N–H and O–H groups in total. The lowest BCUT2D eigenvalue weighted by molar-refractivity contribution is -0.309. The van der Waals surface area contributed by atoms with Crippen molar-refractivity contribution >= 4 is 5.97 Å². The highest BCUT2D eigenvalue weighted by Gasteiger charge is 1.98. The van der Waals surface area contributed by atoms with Crippen molar-refractivity contribution in [1.82, 2.24) is 0 Å². The molecule has 0 aromatic rings. The first-order valence-corrected chi connectivity index (χ1v) is 4.02. The van der Waals surface area contributed by atoms with Gasteiger partial charge in [-0.15, -0.1) is 0 Å². The maximum atomic E-state index is 10.3. The van der Waals surface area contributed by atoms with E-state index in [1.165, 1.54) is 5.57 Å². The van der Waals surface area contributed by atoms with Gasteiger partial charge in [0.25, 0.3) is 0 Å². The second kappa shape index (κ2) is 4.94. The molecule has 0 spiro atoms. The van der Waals surface area contributed by atoms with Gasteiger partial charge in [0, 0.05) is 11.9 Å². The van der Waals surface area contributed by atoms with Crippen molar-refractivity contribution in [3.05, 3.63) is 11.6 Å². The Labute approximate surface area is 67.9 Å². The summed E-state index contributed by atoms with van der Waals surface area (Å²) in [4.78, 5) is 10.3. The van der Waals surface area contributed by atoms with Crippen LogP contribution < -0.4 is 5.11 Å². The summed E-state index contributed by atoms with van der Waals surface area (Å²) in [6, 6.07) is 0. The first-order chi connectivity index (χ1) is 5.11. The van der Waals surface area contributed by atoms with E-state index >= 15 is 0 Å². The summed E-state index contributed by atoms with van der Waals surface area (Å²) in [5.41, 5.74) is 1.18. The molecule has 0 saturated heterocycles. The molecule has 0 heterocycles. The molecular formula is C9H15O2-. The van der Waals surface area contributed by atoms with E-state index in [1.807, 2.05) is 13.8 Å². The summed E-state index contributed by atoms with van der Waals surface area (Å²) in [5, 5.41) is 10.3. The highest BCUT2D eigenvalue weighted by molar-refractivity contribution is 5.69. The van der Waals surface area contributed by atoms with Crippen molar-refractivity contribution in [2.24, 2.45) is 5.92 Å². The number of carboxylic acids is 1. The van der Waals surface area contributed by atoms with E-state index in [9.17, 15) is 9.90 Å². The first-order valence-electron chi connectivity index (χ1n) is 4.02. The Morgan fingerprint density at radius 2 is 1.91 bits per heavy atom. The van der Waals surface area contributed by atoms with E-state index < -0.39 is 11.9 Å². The van der Waals surface area contributed by atoms with Crippen LogP contribution in [0.2, 0.25) is 0 Å². The average Bonchev–Trinajstić information content (AvgIpc) is 1.99. The standard InChI is InChI=1S/C9H16O2/c1-4-8(5-2)6-7(3)9(10)11/h6-7H,4-5H2,1-3H3,(H,10,11)/p-1. The van der Waals surface area contributed by atoms with Crippen LogP contribution >= 0.6 is 0 Å². The van der Waals surface area contributed by atoms with Gasteiger partial charge in [0.2, 0.25) is 0 Å². The average molecular weight is 155 g/mol. The summed E-state index contributed by atoms with van der Waals surface area (Å²) in [6.45, 7) is 5.69. The number of hydrogen-bond donors (Lipinski definition) is 0. The fourth-order valence-corrected chi connectivity index (χ4v) is 0.907. The van der Waals surface area contributed by atoms with Crippen LogP contribution in [0.15, 0.2) is 11.6 Å². The van der Waals surface area contributed by atoms with Crippen LogP contribution in [-0.2, 0) is 4.79 Å². The lowest BCUT2D eigenvalue weighted by atomic mass is 10.0. The summed E-state index contributed by atoms with van der Waals surface area (Å²) in [6.07, 6.45) is 3.62. The zero-order valence-electron chi connectivity index (χ0n) is 7.39. The van der Waals surface area contributed by atoms with Crippen molar-refractivity contribution < 1.29 is 9.90 Å². The van der Waals surface area contributed by atoms with E-state index in [0.717, 1.165) is 12.8 Å². The molecule has 0 aliphatic rings. The van der Waals surface area contributed by atoms with E-state index in [4.69, 9.17) is 0 Å². The SMILES string of the molecule is CCC(=CC(C)C(=O)[O-])CC. The molecule has 0 bridgehead atoms.